The Balaban J connectivity index is 1.83. The summed E-state index contributed by atoms with van der Waals surface area (Å²) in [5, 5.41) is 6.43. The van der Waals surface area contributed by atoms with Crippen molar-refractivity contribution in [3.8, 4) is 0 Å². The maximum Gasteiger partial charge on any atom is 0.00724 e. The zero-order chi connectivity index (χ0) is 14.0. The molecule has 1 fully saturated rings. The topological polar surface area (TPSA) is 12.0 Å². The second-order valence-electron chi connectivity index (χ2n) is 6.62. The van der Waals surface area contributed by atoms with Gasteiger partial charge in [-0.1, -0.05) is 56.3 Å². The fourth-order valence-corrected chi connectivity index (χ4v) is 3.85. The van der Waals surface area contributed by atoms with Gasteiger partial charge in [-0.3, -0.25) is 0 Å². The first kappa shape index (κ1) is 13.6. The second kappa shape index (κ2) is 5.57. The van der Waals surface area contributed by atoms with Gasteiger partial charge in [-0.05, 0) is 54.0 Å². The van der Waals surface area contributed by atoms with Gasteiger partial charge in [-0.25, -0.2) is 0 Å². The van der Waals surface area contributed by atoms with E-state index in [0.717, 1.165) is 12.6 Å². The van der Waals surface area contributed by atoms with Crippen molar-refractivity contribution in [3.05, 3.63) is 48.0 Å². The molecule has 1 aliphatic rings. The number of hydrogen-bond acceptors (Lipinski definition) is 1. The van der Waals surface area contributed by atoms with Gasteiger partial charge in [0.25, 0.3) is 0 Å². The van der Waals surface area contributed by atoms with Gasteiger partial charge in [-0.15, -0.1) is 0 Å². The standard InChI is InChI=1S/C19H25N/c1-3-20-17-11-12-19(2,14-17)13-16-9-6-8-15-7-4-5-10-18(15)16/h4-10,17,20H,3,11-14H2,1-2H3. The molecule has 20 heavy (non-hydrogen) atoms. The van der Waals surface area contributed by atoms with E-state index in [-0.39, 0.29) is 0 Å². The molecule has 106 valence electrons. The lowest BCUT2D eigenvalue weighted by molar-refractivity contribution is 0.323. The molecule has 0 saturated heterocycles. The number of fused-ring (bicyclic) bond motifs is 1. The minimum Gasteiger partial charge on any atom is -0.314 e. The number of benzene rings is 2. The molecule has 1 heteroatoms. The van der Waals surface area contributed by atoms with Gasteiger partial charge in [-0.2, -0.15) is 0 Å². The smallest absolute Gasteiger partial charge is 0.00724 e. The number of nitrogens with one attached hydrogen (secondary N) is 1. The van der Waals surface area contributed by atoms with Crippen LogP contribution in [0.4, 0.5) is 0 Å². The Morgan fingerprint density at radius 1 is 1.15 bits per heavy atom. The second-order valence-corrected chi connectivity index (χ2v) is 6.62. The summed E-state index contributed by atoms with van der Waals surface area (Å²) in [5.41, 5.74) is 1.97. The quantitative estimate of drug-likeness (QED) is 0.857. The van der Waals surface area contributed by atoms with Gasteiger partial charge in [0.2, 0.25) is 0 Å². The summed E-state index contributed by atoms with van der Waals surface area (Å²) in [6.07, 6.45) is 5.18. The van der Waals surface area contributed by atoms with E-state index in [4.69, 9.17) is 0 Å². The third-order valence-corrected chi connectivity index (χ3v) is 4.83. The fourth-order valence-electron chi connectivity index (χ4n) is 3.85. The van der Waals surface area contributed by atoms with E-state index in [9.17, 15) is 0 Å². The molecule has 3 rings (SSSR count). The zero-order valence-electron chi connectivity index (χ0n) is 12.7. The maximum atomic E-state index is 3.62. The monoisotopic (exact) mass is 267 g/mol. The molecule has 2 aromatic rings. The van der Waals surface area contributed by atoms with E-state index >= 15 is 0 Å². The van der Waals surface area contributed by atoms with E-state index in [0.29, 0.717) is 5.41 Å². The van der Waals surface area contributed by atoms with E-state index in [1.165, 1.54) is 42.0 Å². The van der Waals surface area contributed by atoms with Crippen LogP contribution in [0.2, 0.25) is 0 Å². The summed E-state index contributed by atoms with van der Waals surface area (Å²) in [7, 11) is 0. The van der Waals surface area contributed by atoms with Gasteiger partial charge < -0.3 is 5.32 Å². The predicted octanol–water partition coefficient (Wildman–Crippen LogP) is 4.55. The van der Waals surface area contributed by atoms with Crippen molar-refractivity contribution in [2.24, 2.45) is 5.41 Å². The Labute approximate surface area is 122 Å². The van der Waals surface area contributed by atoms with Crippen molar-refractivity contribution in [3.63, 3.8) is 0 Å². The minimum atomic E-state index is 0.455. The number of hydrogen-bond donors (Lipinski definition) is 1. The van der Waals surface area contributed by atoms with E-state index < -0.39 is 0 Å². The first-order chi connectivity index (χ1) is 9.70. The van der Waals surface area contributed by atoms with Crippen LogP contribution in [0, 0.1) is 5.41 Å². The molecule has 1 aliphatic carbocycles. The molecule has 1 nitrogen and oxygen atoms in total. The van der Waals surface area contributed by atoms with Gasteiger partial charge >= 0.3 is 0 Å². The summed E-state index contributed by atoms with van der Waals surface area (Å²) in [4.78, 5) is 0. The van der Waals surface area contributed by atoms with E-state index in [2.05, 4.69) is 61.6 Å². The highest BCUT2D eigenvalue weighted by molar-refractivity contribution is 5.85. The highest BCUT2D eigenvalue weighted by Crippen LogP contribution is 2.41. The van der Waals surface area contributed by atoms with Crippen molar-refractivity contribution in [2.75, 3.05) is 6.54 Å². The van der Waals surface area contributed by atoms with Crippen LogP contribution in [0.5, 0.6) is 0 Å². The Hall–Kier alpha value is -1.34. The molecule has 1 saturated carbocycles. The molecule has 2 atom stereocenters. The fraction of sp³-hybridized carbons (Fsp3) is 0.474. The lowest BCUT2D eigenvalue weighted by Crippen LogP contribution is -2.28. The van der Waals surface area contributed by atoms with Crippen molar-refractivity contribution in [1.29, 1.82) is 0 Å². The Bertz CT molecular complexity index is 584. The van der Waals surface area contributed by atoms with Gasteiger partial charge in [0.05, 0.1) is 0 Å². The first-order valence-electron chi connectivity index (χ1n) is 7.90. The van der Waals surface area contributed by atoms with Gasteiger partial charge in [0.15, 0.2) is 0 Å². The molecule has 0 bridgehead atoms. The molecule has 0 amide bonds. The van der Waals surface area contributed by atoms with Crippen LogP contribution in [0.15, 0.2) is 42.5 Å². The third kappa shape index (κ3) is 2.73. The van der Waals surface area contributed by atoms with Gasteiger partial charge in [0.1, 0.15) is 0 Å². The lowest BCUT2D eigenvalue weighted by Gasteiger charge is -2.25. The van der Waals surface area contributed by atoms with Crippen LogP contribution < -0.4 is 5.32 Å². The molecule has 2 unspecified atom stereocenters. The van der Waals surface area contributed by atoms with Crippen LogP contribution in [0.25, 0.3) is 10.8 Å². The van der Waals surface area contributed by atoms with Crippen LogP contribution in [0.3, 0.4) is 0 Å². The molecular weight excluding hydrogens is 242 g/mol. The molecule has 0 heterocycles. The van der Waals surface area contributed by atoms with Crippen molar-refractivity contribution < 1.29 is 0 Å². The maximum absolute atomic E-state index is 3.62. The summed E-state index contributed by atoms with van der Waals surface area (Å²) in [6, 6.07) is 16.2. The third-order valence-electron chi connectivity index (χ3n) is 4.83. The first-order valence-corrected chi connectivity index (χ1v) is 7.90. The Morgan fingerprint density at radius 2 is 1.95 bits per heavy atom. The number of rotatable bonds is 4. The van der Waals surface area contributed by atoms with Gasteiger partial charge in [0, 0.05) is 6.04 Å². The highest BCUT2D eigenvalue weighted by atomic mass is 14.9. The van der Waals surface area contributed by atoms with Crippen molar-refractivity contribution in [2.45, 2.75) is 45.6 Å². The van der Waals surface area contributed by atoms with Crippen LogP contribution in [0.1, 0.15) is 38.7 Å². The Kier molecular flexibility index (Phi) is 3.80. The molecular formula is C19H25N. The summed E-state index contributed by atoms with van der Waals surface area (Å²) in [6.45, 7) is 5.77. The Morgan fingerprint density at radius 3 is 2.80 bits per heavy atom. The predicted molar refractivity (Wildman–Crippen MR) is 87.1 cm³/mol. The summed E-state index contributed by atoms with van der Waals surface area (Å²) in [5.74, 6) is 0. The summed E-state index contributed by atoms with van der Waals surface area (Å²) < 4.78 is 0. The molecule has 0 radical (unpaired) electrons. The average Bonchev–Trinajstić information content (AvgIpc) is 2.81. The van der Waals surface area contributed by atoms with E-state index in [1.54, 1.807) is 0 Å². The van der Waals surface area contributed by atoms with Crippen LogP contribution in [-0.2, 0) is 6.42 Å². The molecule has 0 aliphatic heterocycles. The highest BCUT2D eigenvalue weighted by Gasteiger charge is 2.34. The normalized spacial score (nSPS) is 26.2. The molecule has 1 N–H and O–H groups in total. The van der Waals surface area contributed by atoms with Crippen molar-refractivity contribution >= 4 is 10.8 Å². The van der Waals surface area contributed by atoms with Crippen LogP contribution in [-0.4, -0.2) is 12.6 Å². The van der Waals surface area contributed by atoms with Crippen molar-refractivity contribution in [1.82, 2.24) is 5.32 Å². The molecule has 0 spiro atoms. The SMILES string of the molecule is CCNC1CCC(C)(Cc2cccc3ccccc23)C1. The minimum absolute atomic E-state index is 0.455. The average molecular weight is 267 g/mol. The summed E-state index contributed by atoms with van der Waals surface area (Å²) >= 11 is 0. The van der Waals surface area contributed by atoms with Crippen LogP contribution >= 0.6 is 0 Å². The largest absolute Gasteiger partial charge is 0.314 e. The molecule has 2 aromatic carbocycles. The molecule has 0 aromatic heterocycles. The lowest BCUT2D eigenvalue weighted by atomic mass is 9.81. The van der Waals surface area contributed by atoms with E-state index in [1.807, 2.05) is 0 Å². The zero-order valence-corrected chi connectivity index (χ0v) is 12.7.